The normalized spacial score (nSPS) is 37.4. The highest BCUT2D eigenvalue weighted by Crippen LogP contribution is 2.47. The Kier molecular flexibility index (Phi) is 0.435. The van der Waals surface area contributed by atoms with E-state index in [-0.39, 0.29) is 0 Å². The van der Waals surface area contributed by atoms with Crippen LogP contribution in [0.4, 0.5) is 0 Å². The van der Waals surface area contributed by atoms with Gasteiger partial charge < -0.3 is 5.11 Å². The van der Waals surface area contributed by atoms with Gasteiger partial charge in [0.2, 0.25) is 0 Å². The van der Waals surface area contributed by atoms with Crippen molar-refractivity contribution in [2.24, 2.45) is 5.41 Å². The molecule has 1 rings (SSSR count). The van der Waals surface area contributed by atoms with Crippen molar-refractivity contribution in [3.8, 4) is 0 Å². The Balaban J connectivity index is 2.82. The molecule has 42 valence electrons. The van der Waals surface area contributed by atoms with Crippen LogP contribution in [0.5, 0.6) is 0 Å². The van der Waals surface area contributed by atoms with Crippen molar-refractivity contribution in [1.29, 1.82) is 0 Å². The van der Waals surface area contributed by atoms with E-state index in [0.717, 1.165) is 0 Å². The first-order valence-corrected chi connectivity index (χ1v) is 2.43. The molecule has 1 saturated carbocycles. The fraction of sp³-hybridized carbons (Fsp3) is 1.00. The maximum Gasteiger partial charge on any atom is 0.0564 e. The van der Waals surface area contributed by atoms with Gasteiger partial charge in [0.05, 0.1) is 2.74 Å². The molecule has 0 aromatic heterocycles. The molecule has 1 heteroatoms. The van der Waals surface area contributed by atoms with Gasteiger partial charge in [0.25, 0.3) is 0 Å². The summed E-state index contributed by atoms with van der Waals surface area (Å²) in [6.45, 7) is -1.07. The predicted octanol–water partition coefficient (Wildman–Crippen LogP) is 1.17. The summed E-state index contributed by atoms with van der Waals surface area (Å²) in [6.07, 6.45) is -0.819. The van der Waals surface area contributed by atoms with E-state index in [1.165, 1.54) is 0 Å². The van der Waals surface area contributed by atoms with Gasteiger partial charge >= 0.3 is 0 Å². The summed E-state index contributed by atoms with van der Waals surface area (Å²) in [5.41, 5.74) is -0.661. The maximum absolute atomic E-state index is 8.88. The van der Waals surface area contributed by atoms with Crippen molar-refractivity contribution in [2.75, 3.05) is 6.56 Å². The van der Waals surface area contributed by atoms with E-state index < -0.39 is 18.3 Å². The zero-order chi connectivity index (χ0) is 8.91. The van der Waals surface area contributed by atoms with Crippen LogP contribution in [0.1, 0.15) is 31.6 Å². The second-order valence-electron chi connectivity index (χ2n) is 2.30. The van der Waals surface area contributed by atoms with Gasteiger partial charge in [-0.3, -0.25) is 0 Å². The zero-order valence-corrected chi connectivity index (χ0v) is 4.36. The highest BCUT2D eigenvalue weighted by atomic mass is 16.3. The second-order valence-corrected chi connectivity index (χ2v) is 2.30. The molecule has 7 heavy (non-hydrogen) atoms. The van der Waals surface area contributed by atoms with Gasteiger partial charge in [-0.15, -0.1) is 0 Å². The monoisotopic (exact) mass is 104 g/mol. The number of hydrogen-bond donors (Lipinski definition) is 1. The summed E-state index contributed by atoms with van der Waals surface area (Å²) in [7, 11) is 0. The van der Waals surface area contributed by atoms with Crippen LogP contribution < -0.4 is 0 Å². The Morgan fingerprint density at radius 1 is 1.86 bits per heavy atom. The molecule has 0 atom stereocenters. The zero-order valence-electron chi connectivity index (χ0n) is 8.36. The molecule has 1 fully saturated rings. The molecule has 0 radical (unpaired) electrons. The Morgan fingerprint density at radius 3 is 2.57 bits per heavy atom. The minimum absolute atomic E-state index is 0.653. The van der Waals surface area contributed by atoms with Gasteiger partial charge in [-0.25, -0.2) is 0 Å². The third-order valence-electron chi connectivity index (χ3n) is 1.36. The third kappa shape index (κ3) is 1.16. The average molecular weight is 104 g/mol. The molecule has 0 aromatic rings. The third-order valence-corrected chi connectivity index (χ3v) is 1.36. The lowest BCUT2D eigenvalue weighted by Crippen LogP contribution is -1.95. The van der Waals surface area contributed by atoms with E-state index in [1.807, 2.05) is 0 Å². The average Bonchev–Trinajstić information content (AvgIpc) is 2.45. The quantitative estimate of drug-likeness (QED) is 0.557. The van der Waals surface area contributed by atoms with Crippen molar-refractivity contribution < 1.29 is 10.6 Å². The van der Waals surface area contributed by atoms with Gasteiger partial charge in [-0.05, 0) is 24.6 Å². The molecule has 1 aliphatic rings. The van der Waals surface area contributed by atoms with Crippen molar-refractivity contribution >= 4 is 0 Å². The van der Waals surface area contributed by atoms with Gasteiger partial charge in [0.1, 0.15) is 0 Å². The number of rotatable bonds is 2. The van der Waals surface area contributed by atoms with E-state index in [4.69, 9.17) is 10.6 Å². The second kappa shape index (κ2) is 1.48. The summed E-state index contributed by atoms with van der Waals surface area (Å²) in [5.74, 6) is 0. The minimum atomic E-state index is -2.72. The van der Waals surface area contributed by atoms with E-state index in [2.05, 4.69) is 0 Å². The minimum Gasteiger partial charge on any atom is -0.396 e. The topological polar surface area (TPSA) is 20.2 Å². The van der Waals surface area contributed by atoms with Crippen molar-refractivity contribution in [3.63, 3.8) is 0 Å². The molecular formula is C6H12O. The van der Waals surface area contributed by atoms with Crippen molar-refractivity contribution in [1.82, 2.24) is 0 Å². The molecular weight excluding hydrogens is 88.1 g/mol. The van der Waals surface area contributed by atoms with Gasteiger partial charge in [0, 0.05) is 9.30 Å². The Labute approximate surface area is 50.0 Å². The van der Waals surface area contributed by atoms with Crippen LogP contribution in [0.3, 0.4) is 0 Å². The molecule has 0 amide bonds. The van der Waals surface area contributed by atoms with Gasteiger partial charge in [0.15, 0.2) is 0 Å². The summed E-state index contributed by atoms with van der Waals surface area (Å²) in [4.78, 5) is 0. The molecule has 0 aromatic carbocycles. The molecule has 1 N–H and O–H groups in total. The largest absolute Gasteiger partial charge is 0.396 e. The summed E-state index contributed by atoms with van der Waals surface area (Å²) in [6, 6.07) is 0. The van der Waals surface area contributed by atoms with Crippen LogP contribution in [0.2, 0.25) is 0 Å². The molecule has 0 heterocycles. The summed E-state index contributed by atoms with van der Waals surface area (Å²) < 4.78 is 28.4. The van der Waals surface area contributed by atoms with Gasteiger partial charge in [-0.1, -0.05) is 6.92 Å². The van der Waals surface area contributed by atoms with Crippen molar-refractivity contribution in [2.45, 2.75) is 26.1 Å². The molecule has 1 aliphatic carbocycles. The Morgan fingerprint density at radius 2 is 2.43 bits per heavy atom. The van der Waals surface area contributed by atoms with Crippen LogP contribution in [0, 0.1) is 5.41 Å². The number of hydrogen-bond acceptors (Lipinski definition) is 1. The molecule has 0 spiro atoms. The Bertz CT molecular complexity index is 161. The van der Waals surface area contributed by atoms with Crippen LogP contribution in [-0.2, 0) is 0 Å². The first kappa shape index (κ1) is 2.06. The predicted molar refractivity (Wildman–Crippen MR) is 29.0 cm³/mol. The lowest BCUT2D eigenvalue weighted by Gasteiger charge is -2.00. The molecule has 0 bridgehead atoms. The number of aliphatic hydroxyl groups is 1. The lowest BCUT2D eigenvalue weighted by molar-refractivity contribution is 0.256. The van der Waals surface area contributed by atoms with Crippen LogP contribution in [-0.4, -0.2) is 11.7 Å². The SMILES string of the molecule is [2H]C([2H])(O)C([2H])([2H])C1(C)CC1. The first-order chi connectivity index (χ1) is 4.71. The van der Waals surface area contributed by atoms with E-state index in [1.54, 1.807) is 6.92 Å². The fourth-order valence-corrected chi connectivity index (χ4v) is 0.447. The molecule has 0 unspecified atom stereocenters. The van der Waals surface area contributed by atoms with Crippen LogP contribution >= 0.6 is 0 Å². The van der Waals surface area contributed by atoms with E-state index >= 15 is 0 Å². The highest BCUT2D eigenvalue weighted by Gasteiger charge is 2.35. The Hall–Kier alpha value is -0.0400. The lowest BCUT2D eigenvalue weighted by atomic mass is 10.1. The standard InChI is InChI=1S/C6H12O/c1-6(2-3-6)4-5-7/h7H,2-5H2,1H3/i4D2,5D2. The highest BCUT2D eigenvalue weighted by molar-refractivity contribution is 4.87. The fourth-order valence-electron chi connectivity index (χ4n) is 0.447. The van der Waals surface area contributed by atoms with E-state index in [9.17, 15) is 0 Å². The molecule has 0 saturated heterocycles. The van der Waals surface area contributed by atoms with Gasteiger partial charge in [-0.2, -0.15) is 0 Å². The molecule has 1 nitrogen and oxygen atoms in total. The van der Waals surface area contributed by atoms with Crippen molar-refractivity contribution in [3.05, 3.63) is 0 Å². The van der Waals surface area contributed by atoms with E-state index in [0.29, 0.717) is 12.8 Å². The van der Waals surface area contributed by atoms with Crippen LogP contribution in [0.25, 0.3) is 0 Å². The summed E-state index contributed by atoms with van der Waals surface area (Å²) >= 11 is 0. The first-order valence-electron chi connectivity index (χ1n) is 4.43. The molecule has 0 aliphatic heterocycles. The smallest absolute Gasteiger partial charge is 0.0564 e. The van der Waals surface area contributed by atoms with Crippen LogP contribution in [0.15, 0.2) is 0 Å². The summed E-state index contributed by atoms with van der Waals surface area (Å²) in [5, 5.41) is 8.88. The maximum atomic E-state index is 8.88.